The Hall–Kier alpha value is -0.500. The fourth-order valence-electron chi connectivity index (χ4n) is 1.27. The van der Waals surface area contributed by atoms with Gasteiger partial charge in [-0.3, -0.25) is 14.2 Å². The topological polar surface area (TPSA) is 98.7 Å². The minimum atomic E-state index is -2.54. The molecular weight excluding hydrogens is 198 g/mol. The predicted octanol–water partition coefficient (Wildman–Crippen LogP) is -1.08. The van der Waals surface area contributed by atoms with Crippen molar-refractivity contribution < 1.29 is 23.5 Å². The SMILES string of the molecule is O=C(NO)C1(S(=O)[O-])CCOCC1. The van der Waals surface area contributed by atoms with E-state index in [2.05, 4.69) is 0 Å². The molecule has 6 nitrogen and oxygen atoms in total. The molecule has 0 aromatic carbocycles. The summed E-state index contributed by atoms with van der Waals surface area (Å²) in [6.07, 6.45) is 0.158. The highest BCUT2D eigenvalue weighted by Crippen LogP contribution is 2.26. The van der Waals surface area contributed by atoms with Gasteiger partial charge in [-0.15, -0.1) is 0 Å². The van der Waals surface area contributed by atoms with Gasteiger partial charge in [-0.2, -0.15) is 0 Å². The molecule has 0 spiro atoms. The summed E-state index contributed by atoms with van der Waals surface area (Å²) in [5.74, 6) is -0.885. The largest absolute Gasteiger partial charge is 0.772 e. The number of rotatable bonds is 2. The van der Waals surface area contributed by atoms with Crippen molar-refractivity contribution >= 4 is 17.0 Å². The number of hydrogen-bond acceptors (Lipinski definition) is 5. The Morgan fingerprint density at radius 1 is 1.54 bits per heavy atom. The smallest absolute Gasteiger partial charge is 0.261 e. The molecule has 1 unspecified atom stereocenters. The van der Waals surface area contributed by atoms with Gasteiger partial charge in [0.25, 0.3) is 5.91 Å². The van der Waals surface area contributed by atoms with Crippen LogP contribution in [0.25, 0.3) is 0 Å². The van der Waals surface area contributed by atoms with E-state index in [1.165, 1.54) is 5.48 Å². The van der Waals surface area contributed by atoms with Crippen LogP contribution in [0.5, 0.6) is 0 Å². The average Bonchev–Trinajstić information content (AvgIpc) is 2.17. The summed E-state index contributed by atoms with van der Waals surface area (Å²) < 4.78 is 25.1. The van der Waals surface area contributed by atoms with Crippen molar-refractivity contribution in [3.8, 4) is 0 Å². The summed E-state index contributed by atoms with van der Waals surface area (Å²) >= 11 is -2.54. The Balaban J connectivity index is 2.85. The van der Waals surface area contributed by atoms with Crippen molar-refractivity contribution in [1.29, 1.82) is 0 Å². The van der Waals surface area contributed by atoms with Crippen LogP contribution in [-0.2, 0) is 20.6 Å². The lowest BCUT2D eigenvalue weighted by atomic mass is 9.98. The second-order valence-corrected chi connectivity index (χ2v) is 4.03. The molecular formula is C6H10NO5S-. The van der Waals surface area contributed by atoms with Gasteiger partial charge >= 0.3 is 0 Å². The second kappa shape index (κ2) is 4.14. The molecule has 1 aliphatic rings. The molecule has 0 aromatic rings. The molecule has 1 aliphatic heterocycles. The van der Waals surface area contributed by atoms with E-state index in [0.29, 0.717) is 0 Å². The van der Waals surface area contributed by atoms with Gasteiger partial charge in [0.05, 0.1) is 0 Å². The summed E-state index contributed by atoms with van der Waals surface area (Å²) in [7, 11) is 0. The van der Waals surface area contributed by atoms with Crippen LogP contribution < -0.4 is 5.48 Å². The monoisotopic (exact) mass is 208 g/mol. The molecule has 0 aromatic heterocycles. The number of carbonyl (C=O) groups excluding carboxylic acids is 1. The first-order valence-corrected chi connectivity index (χ1v) is 4.82. The zero-order valence-electron chi connectivity index (χ0n) is 6.82. The first kappa shape index (κ1) is 10.6. The number of hydroxylamine groups is 1. The zero-order chi connectivity index (χ0) is 9.90. The van der Waals surface area contributed by atoms with E-state index in [1.807, 2.05) is 0 Å². The van der Waals surface area contributed by atoms with Crippen molar-refractivity contribution in [2.24, 2.45) is 0 Å². The van der Waals surface area contributed by atoms with Gasteiger partial charge in [0.2, 0.25) is 0 Å². The van der Waals surface area contributed by atoms with Gasteiger partial charge in [-0.05, 0) is 23.9 Å². The van der Waals surface area contributed by atoms with Crippen LogP contribution in [0.1, 0.15) is 12.8 Å². The van der Waals surface area contributed by atoms with Crippen molar-refractivity contribution in [3.63, 3.8) is 0 Å². The summed E-state index contributed by atoms with van der Waals surface area (Å²) in [5, 5.41) is 8.39. The van der Waals surface area contributed by atoms with E-state index in [9.17, 15) is 13.6 Å². The lowest BCUT2D eigenvalue weighted by Gasteiger charge is -2.36. The molecule has 1 fully saturated rings. The van der Waals surface area contributed by atoms with Crippen molar-refractivity contribution in [2.75, 3.05) is 13.2 Å². The van der Waals surface area contributed by atoms with Crippen LogP contribution >= 0.6 is 0 Å². The fraction of sp³-hybridized carbons (Fsp3) is 0.833. The van der Waals surface area contributed by atoms with Crippen LogP contribution in [0.3, 0.4) is 0 Å². The van der Waals surface area contributed by atoms with Gasteiger partial charge in [0.1, 0.15) is 4.75 Å². The van der Waals surface area contributed by atoms with Gasteiger partial charge in [0, 0.05) is 13.2 Å². The summed E-state index contributed by atoms with van der Waals surface area (Å²) in [5.41, 5.74) is 1.37. The Bertz CT molecular complexity index is 225. The first-order chi connectivity index (χ1) is 6.13. The molecule has 0 aliphatic carbocycles. The van der Waals surface area contributed by atoms with E-state index >= 15 is 0 Å². The van der Waals surface area contributed by atoms with Gasteiger partial charge in [0.15, 0.2) is 0 Å². The third-order valence-electron chi connectivity index (χ3n) is 2.13. The predicted molar refractivity (Wildman–Crippen MR) is 41.6 cm³/mol. The molecule has 7 heteroatoms. The van der Waals surface area contributed by atoms with E-state index < -0.39 is 21.7 Å². The third kappa shape index (κ3) is 1.88. The molecule has 2 N–H and O–H groups in total. The minimum absolute atomic E-state index is 0.0789. The maximum Gasteiger partial charge on any atom is 0.261 e. The molecule has 1 saturated heterocycles. The highest BCUT2D eigenvalue weighted by Gasteiger charge is 2.41. The fourth-order valence-corrected chi connectivity index (χ4v) is 1.97. The molecule has 1 atom stereocenters. The van der Waals surface area contributed by atoms with Crippen molar-refractivity contribution in [1.82, 2.24) is 5.48 Å². The Labute approximate surface area is 77.5 Å². The van der Waals surface area contributed by atoms with E-state index in [4.69, 9.17) is 9.94 Å². The summed E-state index contributed by atoms with van der Waals surface area (Å²) in [6, 6.07) is 0. The number of carbonyl (C=O) groups is 1. The van der Waals surface area contributed by atoms with Gasteiger partial charge in [-0.25, -0.2) is 5.48 Å². The first-order valence-electron chi connectivity index (χ1n) is 3.75. The van der Waals surface area contributed by atoms with E-state index in [1.54, 1.807) is 0 Å². The van der Waals surface area contributed by atoms with Crippen LogP contribution in [0.15, 0.2) is 0 Å². The maximum atomic E-state index is 11.1. The Kier molecular flexibility index (Phi) is 3.37. The molecule has 1 amide bonds. The second-order valence-electron chi connectivity index (χ2n) is 2.78. The standard InChI is InChI=1S/C6H11NO5S/c8-5(7-9)6(13(10)11)1-3-12-4-2-6/h9H,1-4H2,(H,7,8)(H,10,11)/p-1. The molecule has 0 bridgehead atoms. The quantitative estimate of drug-likeness (QED) is 0.341. The highest BCUT2D eigenvalue weighted by atomic mass is 32.2. The Morgan fingerprint density at radius 3 is 2.46 bits per heavy atom. The third-order valence-corrected chi connectivity index (χ3v) is 3.37. The average molecular weight is 208 g/mol. The number of amides is 1. The molecule has 0 saturated carbocycles. The number of nitrogens with one attached hydrogen (secondary N) is 1. The molecule has 76 valence electrons. The lowest BCUT2D eigenvalue weighted by molar-refractivity contribution is -0.134. The van der Waals surface area contributed by atoms with Crippen LogP contribution in [0.2, 0.25) is 0 Å². The molecule has 13 heavy (non-hydrogen) atoms. The summed E-state index contributed by atoms with van der Waals surface area (Å²) in [4.78, 5) is 11.1. The summed E-state index contributed by atoms with van der Waals surface area (Å²) in [6.45, 7) is 0.419. The Morgan fingerprint density at radius 2 is 2.08 bits per heavy atom. The zero-order valence-corrected chi connectivity index (χ0v) is 7.63. The molecule has 1 heterocycles. The lowest BCUT2D eigenvalue weighted by Crippen LogP contribution is -2.52. The molecule has 0 radical (unpaired) electrons. The van der Waals surface area contributed by atoms with Crippen LogP contribution in [0, 0.1) is 0 Å². The van der Waals surface area contributed by atoms with E-state index in [-0.39, 0.29) is 26.1 Å². The van der Waals surface area contributed by atoms with Crippen LogP contribution in [-0.4, -0.2) is 37.8 Å². The number of hydrogen-bond donors (Lipinski definition) is 2. The maximum absolute atomic E-state index is 11.1. The van der Waals surface area contributed by atoms with Crippen molar-refractivity contribution in [3.05, 3.63) is 0 Å². The van der Waals surface area contributed by atoms with Crippen molar-refractivity contribution in [2.45, 2.75) is 17.6 Å². The normalized spacial score (nSPS) is 23.5. The highest BCUT2D eigenvalue weighted by molar-refractivity contribution is 7.81. The van der Waals surface area contributed by atoms with Gasteiger partial charge < -0.3 is 9.29 Å². The van der Waals surface area contributed by atoms with Crippen LogP contribution in [0.4, 0.5) is 0 Å². The molecule has 1 rings (SSSR count). The van der Waals surface area contributed by atoms with Gasteiger partial charge in [-0.1, -0.05) is 0 Å². The minimum Gasteiger partial charge on any atom is -0.772 e. The number of ether oxygens (including phenoxy) is 1. The van der Waals surface area contributed by atoms with E-state index in [0.717, 1.165) is 0 Å².